The molecule has 0 bridgehead atoms. The minimum absolute atomic E-state index is 0. The van der Waals surface area contributed by atoms with Gasteiger partial charge in [-0.05, 0) is 74.3 Å². The summed E-state index contributed by atoms with van der Waals surface area (Å²) in [5.41, 5.74) is 4.62. The standard InChI is InChI=1S/C27H39O2P.Li.H/c1-8-10-11-21(9-2)18-29-24-16-19(3)25(20(4)17-24)30-26(28)22-12-14-23(15-13-22)27(5,6)7;;/h12-17,21,30H,8-11,18H2,1-7H3;;. The predicted molar refractivity (Wildman–Crippen MR) is 139 cm³/mol. The molecule has 2 nitrogen and oxygen atoms in total. The molecule has 0 spiro atoms. The Morgan fingerprint density at radius 3 is 2.10 bits per heavy atom. The number of ether oxygens (including phenoxy) is 1. The zero-order valence-corrected chi connectivity index (χ0v) is 20.9. The van der Waals surface area contributed by atoms with Gasteiger partial charge in [0.15, 0.2) is 5.52 Å². The van der Waals surface area contributed by atoms with Gasteiger partial charge in [-0.3, -0.25) is 4.79 Å². The summed E-state index contributed by atoms with van der Waals surface area (Å²) in [5.74, 6) is 1.54. The van der Waals surface area contributed by atoms with E-state index in [2.05, 4.69) is 72.7 Å². The molecule has 0 aliphatic carbocycles. The number of benzene rings is 2. The van der Waals surface area contributed by atoms with Crippen molar-refractivity contribution in [2.24, 2.45) is 5.92 Å². The fraction of sp³-hybridized carbons (Fsp3) is 0.519. The number of rotatable bonds is 10. The van der Waals surface area contributed by atoms with Crippen LogP contribution in [0.5, 0.6) is 5.75 Å². The molecule has 0 saturated heterocycles. The number of aryl methyl sites for hydroxylation is 2. The molecule has 0 N–H and O–H groups in total. The summed E-state index contributed by atoms with van der Waals surface area (Å²) in [4.78, 5) is 12.9. The van der Waals surface area contributed by atoms with Crippen LogP contribution in [0.3, 0.4) is 0 Å². The third kappa shape index (κ3) is 8.42. The van der Waals surface area contributed by atoms with Crippen molar-refractivity contribution in [1.29, 1.82) is 0 Å². The maximum atomic E-state index is 12.9. The molecule has 166 valence electrons. The van der Waals surface area contributed by atoms with Crippen molar-refractivity contribution in [3.8, 4) is 5.75 Å². The molecular weight excluding hydrogens is 394 g/mol. The average Bonchev–Trinajstić information content (AvgIpc) is 2.70. The van der Waals surface area contributed by atoms with Gasteiger partial charge in [-0.1, -0.05) is 78.1 Å². The van der Waals surface area contributed by atoms with Crippen molar-refractivity contribution in [3.63, 3.8) is 0 Å². The van der Waals surface area contributed by atoms with Gasteiger partial charge in [-0.25, -0.2) is 0 Å². The number of carbonyl (C=O) groups is 1. The zero-order chi connectivity index (χ0) is 22.3. The molecule has 31 heavy (non-hydrogen) atoms. The molecular formula is C27H40LiO2P. The van der Waals surface area contributed by atoms with E-state index in [0.29, 0.717) is 5.92 Å². The van der Waals surface area contributed by atoms with E-state index in [1.807, 2.05) is 12.1 Å². The van der Waals surface area contributed by atoms with Gasteiger partial charge in [0.1, 0.15) is 5.75 Å². The van der Waals surface area contributed by atoms with Crippen LogP contribution in [-0.4, -0.2) is 31.0 Å². The first-order chi connectivity index (χ1) is 14.2. The Bertz CT molecular complexity index is 814. The molecule has 2 aromatic carbocycles. The first kappa shape index (κ1) is 28.0. The van der Waals surface area contributed by atoms with Crippen LogP contribution in [-0.2, 0) is 5.41 Å². The molecule has 0 aliphatic rings. The number of carbonyl (C=O) groups excluding carboxylic acids is 1. The Morgan fingerprint density at radius 1 is 1.03 bits per heavy atom. The average molecular weight is 435 g/mol. The normalized spacial score (nSPS) is 12.6. The topological polar surface area (TPSA) is 26.3 Å². The molecule has 4 heteroatoms. The van der Waals surface area contributed by atoms with Gasteiger partial charge < -0.3 is 4.74 Å². The van der Waals surface area contributed by atoms with Crippen molar-refractivity contribution in [2.45, 2.75) is 79.6 Å². The van der Waals surface area contributed by atoms with Gasteiger partial charge in [0.25, 0.3) is 0 Å². The summed E-state index contributed by atoms with van der Waals surface area (Å²) >= 11 is 0. The summed E-state index contributed by atoms with van der Waals surface area (Å²) in [6.07, 6.45) is 4.88. The van der Waals surface area contributed by atoms with Crippen LogP contribution in [0, 0.1) is 19.8 Å². The molecule has 0 amide bonds. The van der Waals surface area contributed by atoms with E-state index >= 15 is 0 Å². The minimum atomic E-state index is 0. The Kier molecular flexibility index (Phi) is 11.6. The van der Waals surface area contributed by atoms with Gasteiger partial charge in [0.2, 0.25) is 0 Å². The Morgan fingerprint density at radius 2 is 1.61 bits per heavy atom. The van der Waals surface area contributed by atoms with E-state index in [4.69, 9.17) is 4.74 Å². The third-order valence-electron chi connectivity index (χ3n) is 5.79. The summed E-state index contributed by atoms with van der Waals surface area (Å²) in [7, 11) is 0.136. The third-order valence-corrected chi connectivity index (χ3v) is 7.34. The van der Waals surface area contributed by atoms with Crippen molar-refractivity contribution in [3.05, 3.63) is 58.7 Å². The Hall–Kier alpha value is -1.06. The summed E-state index contributed by atoms with van der Waals surface area (Å²) < 4.78 is 6.13. The van der Waals surface area contributed by atoms with E-state index in [1.165, 1.54) is 24.8 Å². The van der Waals surface area contributed by atoms with Crippen LogP contribution in [0.25, 0.3) is 0 Å². The first-order valence-electron chi connectivity index (χ1n) is 11.3. The molecule has 0 heterocycles. The van der Waals surface area contributed by atoms with Crippen LogP contribution < -0.4 is 10.0 Å². The van der Waals surface area contributed by atoms with Crippen LogP contribution in [0.4, 0.5) is 0 Å². The first-order valence-corrected chi connectivity index (χ1v) is 12.3. The second kappa shape index (κ2) is 12.8. The molecule has 0 fully saturated rings. The number of unbranched alkanes of at least 4 members (excludes halogenated alkanes) is 1. The second-order valence-corrected chi connectivity index (χ2v) is 10.6. The predicted octanol–water partition coefficient (Wildman–Crippen LogP) is 6.69. The fourth-order valence-electron chi connectivity index (χ4n) is 3.62. The van der Waals surface area contributed by atoms with Gasteiger partial charge in [-0.2, -0.15) is 0 Å². The zero-order valence-electron chi connectivity index (χ0n) is 19.9. The van der Waals surface area contributed by atoms with Crippen LogP contribution in [0.2, 0.25) is 0 Å². The number of hydrogen-bond donors (Lipinski definition) is 0. The van der Waals surface area contributed by atoms with Crippen molar-refractivity contribution >= 4 is 38.3 Å². The second-order valence-electron chi connectivity index (χ2n) is 9.44. The van der Waals surface area contributed by atoms with Gasteiger partial charge in [-0.15, -0.1) is 0 Å². The van der Waals surface area contributed by atoms with E-state index in [9.17, 15) is 4.79 Å². The van der Waals surface area contributed by atoms with Crippen LogP contribution in [0.1, 0.15) is 87.4 Å². The van der Waals surface area contributed by atoms with Gasteiger partial charge >= 0.3 is 18.9 Å². The fourth-order valence-corrected chi connectivity index (χ4v) is 4.70. The van der Waals surface area contributed by atoms with Crippen LogP contribution in [0.15, 0.2) is 36.4 Å². The summed E-state index contributed by atoms with van der Waals surface area (Å²) in [6, 6.07) is 12.3. The molecule has 0 aromatic heterocycles. The SMILES string of the molecule is CCCCC(CC)COc1cc(C)c(PC(=O)c2ccc(C(C)(C)C)cc2)c(C)c1.[LiH]. The summed E-state index contributed by atoms with van der Waals surface area (Å²) in [6.45, 7) is 16.0. The molecule has 2 atom stereocenters. The molecule has 2 unspecified atom stereocenters. The molecule has 0 radical (unpaired) electrons. The van der Waals surface area contributed by atoms with Crippen LogP contribution >= 0.6 is 8.58 Å². The van der Waals surface area contributed by atoms with Crippen molar-refractivity contribution in [1.82, 2.24) is 0 Å². The number of hydrogen-bond acceptors (Lipinski definition) is 2. The van der Waals surface area contributed by atoms with E-state index in [1.54, 1.807) is 0 Å². The maximum absolute atomic E-state index is 12.9. The van der Waals surface area contributed by atoms with Crippen molar-refractivity contribution < 1.29 is 9.53 Å². The van der Waals surface area contributed by atoms with E-state index in [0.717, 1.165) is 40.8 Å². The molecule has 0 aliphatic heterocycles. The molecule has 2 rings (SSSR count). The van der Waals surface area contributed by atoms with E-state index in [-0.39, 0.29) is 38.4 Å². The van der Waals surface area contributed by atoms with E-state index < -0.39 is 0 Å². The molecule has 2 aromatic rings. The summed E-state index contributed by atoms with van der Waals surface area (Å²) in [5, 5.41) is 1.14. The molecule has 0 saturated carbocycles. The van der Waals surface area contributed by atoms with Gasteiger partial charge in [0.05, 0.1) is 6.61 Å². The Labute approximate surface area is 203 Å². The van der Waals surface area contributed by atoms with Crippen molar-refractivity contribution in [2.75, 3.05) is 6.61 Å². The van der Waals surface area contributed by atoms with Gasteiger partial charge in [0, 0.05) is 5.56 Å². The quantitative estimate of drug-likeness (QED) is 0.307. The monoisotopic (exact) mass is 434 g/mol. The Balaban J connectivity index is 0.00000480.